The van der Waals surface area contributed by atoms with E-state index in [0.29, 0.717) is 11.6 Å². The van der Waals surface area contributed by atoms with E-state index >= 15 is 0 Å². The van der Waals surface area contributed by atoms with E-state index in [2.05, 4.69) is 15.9 Å². The summed E-state index contributed by atoms with van der Waals surface area (Å²) in [6.07, 6.45) is 1.62. The normalized spacial score (nSPS) is 12.8. The second-order valence-electron chi connectivity index (χ2n) is 3.33. The van der Waals surface area contributed by atoms with Crippen LogP contribution in [0, 0.1) is 5.82 Å². The highest BCUT2D eigenvalue weighted by molar-refractivity contribution is 9.09. The van der Waals surface area contributed by atoms with E-state index in [-0.39, 0.29) is 10.6 Å². The van der Waals surface area contributed by atoms with E-state index in [1.807, 2.05) is 0 Å². The summed E-state index contributed by atoms with van der Waals surface area (Å²) in [6, 6.07) is 4.44. The summed E-state index contributed by atoms with van der Waals surface area (Å²) >= 11 is 9.42. The lowest BCUT2D eigenvalue weighted by molar-refractivity contribution is 0.198. The highest BCUT2D eigenvalue weighted by atomic mass is 79.9. The maximum Gasteiger partial charge on any atom is 0.123 e. The van der Waals surface area contributed by atoms with Gasteiger partial charge in [-0.15, -0.1) is 0 Å². The minimum absolute atomic E-state index is 0.243. The molecular formula is C11H13BrClFO. The average molecular weight is 296 g/mol. The Bertz CT molecular complexity index is 319. The van der Waals surface area contributed by atoms with E-state index in [1.165, 1.54) is 12.1 Å². The first-order chi connectivity index (χ1) is 7.13. The van der Waals surface area contributed by atoms with Crippen molar-refractivity contribution in [3.05, 3.63) is 34.6 Å². The Morgan fingerprint density at radius 2 is 2.27 bits per heavy atom. The summed E-state index contributed by atoms with van der Waals surface area (Å²) in [5.41, 5.74) is 0.845. The summed E-state index contributed by atoms with van der Waals surface area (Å²) in [5.74, 6) is -0.243. The standard InChI is InChI=1S/C11H13BrClFO/c1-15-7-9(12)3-2-8-6-10(14)4-5-11(8)13/h4-6,9H,2-3,7H2,1H3. The summed E-state index contributed by atoms with van der Waals surface area (Å²) in [7, 11) is 1.66. The average Bonchev–Trinajstić information content (AvgIpc) is 2.20. The number of alkyl halides is 1. The van der Waals surface area contributed by atoms with E-state index in [9.17, 15) is 4.39 Å². The molecule has 0 spiro atoms. The molecule has 0 saturated heterocycles. The van der Waals surface area contributed by atoms with Crippen molar-refractivity contribution in [2.24, 2.45) is 0 Å². The molecule has 1 aromatic carbocycles. The van der Waals surface area contributed by atoms with Crippen molar-refractivity contribution in [1.82, 2.24) is 0 Å². The van der Waals surface area contributed by atoms with Gasteiger partial charge in [0.1, 0.15) is 5.82 Å². The Kier molecular flexibility index (Phi) is 5.58. The van der Waals surface area contributed by atoms with Crippen LogP contribution in [0.25, 0.3) is 0 Å². The number of methoxy groups -OCH3 is 1. The van der Waals surface area contributed by atoms with Crippen molar-refractivity contribution in [2.45, 2.75) is 17.7 Å². The maximum atomic E-state index is 12.9. The van der Waals surface area contributed by atoms with E-state index in [1.54, 1.807) is 13.2 Å². The van der Waals surface area contributed by atoms with Gasteiger partial charge < -0.3 is 4.74 Å². The topological polar surface area (TPSA) is 9.23 Å². The van der Waals surface area contributed by atoms with Crippen LogP contribution in [0.1, 0.15) is 12.0 Å². The molecule has 0 aliphatic rings. The van der Waals surface area contributed by atoms with Gasteiger partial charge in [-0.2, -0.15) is 0 Å². The fourth-order valence-electron chi connectivity index (χ4n) is 1.31. The van der Waals surface area contributed by atoms with Gasteiger partial charge in [0, 0.05) is 17.0 Å². The summed E-state index contributed by atoms with van der Waals surface area (Å²) in [6.45, 7) is 0.646. The molecule has 1 unspecified atom stereocenters. The summed E-state index contributed by atoms with van der Waals surface area (Å²) in [5, 5.41) is 0.619. The molecule has 15 heavy (non-hydrogen) atoms. The van der Waals surface area contributed by atoms with Gasteiger partial charge in [0.05, 0.1) is 6.61 Å². The van der Waals surface area contributed by atoms with Crippen LogP contribution in [0.4, 0.5) is 4.39 Å². The van der Waals surface area contributed by atoms with Gasteiger partial charge in [-0.25, -0.2) is 4.39 Å². The van der Waals surface area contributed by atoms with Gasteiger partial charge in [-0.05, 0) is 36.6 Å². The quantitative estimate of drug-likeness (QED) is 0.750. The molecule has 0 bridgehead atoms. The van der Waals surface area contributed by atoms with Crippen molar-refractivity contribution in [3.8, 4) is 0 Å². The van der Waals surface area contributed by atoms with Gasteiger partial charge in [0.25, 0.3) is 0 Å². The zero-order chi connectivity index (χ0) is 11.3. The molecule has 1 rings (SSSR count). The second-order valence-corrected chi connectivity index (χ2v) is 5.03. The molecule has 0 N–H and O–H groups in total. The first kappa shape index (κ1) is 12.9. The fourth-order valence-corrected chi connectivity index (χ4v) is 2.02. The number of rotatable bonds is 5. The molecule has 0 saturated carbocycles. The number of aryl methyl sites for hydroxylation is 1. The van der Waals surface area contributed by atoms with Gasteiger partial charge in [0.15, 0.2) is 0 Å². The number of halogens is 3. The minimum Gasteiger partial charge on any atom is -0.384 e. The largest absolute Gasteiger partial charge is 0.384 e. The van der Waals surface area contributed by atoms with Crippen molar-refractivity contribution in [3.63, 3.8) is 0 Å². The first-order valence-electron chi connectivity index (χ1n) is 4.70. The third-order valence-corrected chi connectivity index (χ3v) is 3.17. The maximum absolute atomic E-state index is 12.9. The molecule has 1 aromatic rings. The number of hydrogen-bond acceptors (Lipinski definition) is 1. The number of ether oxygens (including phenoxy) is 1. The molecule has 1 atom stereocenters. The van der Waals surface area contributed by atoms with Crippen molar-refractivity contribution < 1.29 is 9.13 Å². The van der Waals surface area contributed by atoms with Crippen molar-refractivity contribution >= 4 is 27.5 Å². The highest BCUT2D eigenvalue weighted by Gasteiger charge is 2.07. The van der Waals surface area contributed by atoms with Crippen molar-refractivity contribution in [2.75, 3.05) is 13.7 Å². The Morgan fingerprint density at radius 1 is 1.53 bits per heavy atom. The molecule has 0 amide bonds. The molecule has 0 fully saturated rings. The molecule has 84 valence electrons. The fraction of sp³-hybridized carbons (Fsp3) is 0.455. The monoisotopic (exact) mass is 294 g/mol. The third-order valence-electron chi connectivity index (χ3n) is 2.08. The van der Waals surface area contributed by atoms with E-state index < -0.39 is 0 Å². The Labute approximate surface area is 103 Å². The van der Waals surface area contributed by atoms with Gasteiger partial charge in [0.2, 0.25) is 0 Å². The molecule has 0 heterocycles. The minimum atomic E-state index is -0.243. The van der Waals surface area contributed by atoms with E-state index in [4.69, 9.17) is 16.3 Å². The molecular weight excluding hydrogens is 282 g/mol. The summed E-state index contributed by atoms with van der Waals surface area (Å²) < 4.78 is 17.9. The predicted octanol–water partition coefficient (Wildman–Crippen LogP) is 3.82. The van der Waals surface area contributed by atoms with Gasteiger partial charge in [-0.1, -0.05) is 27.5 Å². The SMILES string of the molecule is COCC(Br)CCc1cc(F)ccc1Cl. The lowest BCUT2D eigenvalue weighted by Gasteiger charge is -2.09. The van der Waals surface area contributed by atoms with Crippen LogP contribution in [0.3, 0.4) is 0 Å². The Balaban J connectivity index is 2.53. The molecule has 0 aliphatic carbocycles. The van der Waals surface area contributed by atoms with Crippen LogP contribution >= 0.6 is 27.5 Å². The lowest BCUT2D eigenvalue weighted by Crippen LogP contribution is -2.07. The summed E-state index contributed by atoms with van der Waals surface area (Å²) in [4.78, 5) is 0.279. The lowest BCUT2D eigenvalue weighted by atomic mass is 10.1. The van der Waals surface area contributed by atoms with Crippen molar-refractivity contribution in [1.29, 1.82) is 0 Å². The van der Waals surface area contributed by atoms with Gasteiger partial charge >= 0.3 is 0 Å². The molecule has 4 heteroatoms. The Hall–Kier alpha value is -0.120. The Morgan fingerprint density at radius 3 is 2.93 bits per heavy atom. The van der Waals surface area contributed by atoms with Crippen LogP contribution < -0.4 is 0 Å². The number of benzene rings is 1. The highest BCUT2D eigenvalue weighted by Crippen LogP contribution is 2.20. The molecule has 0 radical (unpaired) electrons. The molecule has 1 nitrogen and oxygen atoms in total. The van der Waals surface area contributed by atoms with Crippen LogP contribution in [-0.2, 0) is 11.2 Å². The smallest absolute Gasteiger partial charge is 0.123 e. The zero-order valence-corrected chi connectivity index (χ0v) is 10.8. The predicted molar refractivity (Wildman–Crippen MR) is 64.3 cm³/mol. The zero-order valence-electron chi connectivity index (χ0n) is 8.47. The van der Waals surface area contributed by atoms with Gasteiger partial charge in [-0.3, -0.25) is 0 Å². The van der Waals surface area contributed by atoms with Crippen LogP contribution in [-0.4, -0.2) is 18.5 Å². The second kappa shape index (κ2) is 6.46. The van der Waals surface area contributed by atoms with E-state index in [0.717, 1.165) is 18.4 Å². The van der Waals surface area contributed by atoms with Crippen LogP contribution in [0.15, 0.2) is 18.2 Å². The third kappa shape index (κ3) is 4.49. The first-order valence-corrected chi connectivity index (χ1v) is 5.99. The molecule has 0 aromatic heterocycles. The number of hydrogen-bond donors (Lipinski definition) is 0. The van der Waals surface area contributed by atoms with Crippen LogP contribution in [0.2, 0.25) is 5.02 Å². The molecule has 0 aliphatic heterocycles. The van der Waals surface area contributed by atoms with Crippen LogP contribution in [0.5, 0.6) is 0 Å².